The molecule has 20 heavy (non-hydrogen) atoms. The molecule has 0 atom stereocenters. The Balaban J connectivity index is 1.81. The van der Waals surface area contributed by atoms with Gasteiger partial charge in [-0.2, -0.15) is 0 Å². The van der Waals surface area contributed by atoms with Crippen molar-refractivity contribution in [2.75, 3.05) is 27.4 Å². The summed E-state index contributed by atoms with van der Waals surface area (Å²) in [4.78, 5) is 0. The molecule has 0 radical (unpaired) electrons. The maximum Gasteiger partial charge on any atom is 0.161 e. The lowest BCUT2D eigenvalue weighted by Crippen LogP contribution is -2.15. The van der Waals surface area contributed by atoms with E-state index in [1.54, 1.807) is 14.2 Å². The predicted octanol–water partition coefficient (Wildman–Crippen LogP) is 2.75. The zero-order valence-electron chi connectivity index (χ0n) is 12.5. The number of unbranched alkanes of at least 4 members (excludes halogenated alkanes) is 1. The van der Waals surface area contributed by atoms with Crippen molar-refractivity contribution in [2.24, 2.45) is 0 Å². The summed E-state index contributed by atoms with van der Waals surface area (Å²) in [6.07, 6.45) is 4.61. The van der Waals surface area contributed by atoms with Gasteiger partial charge in [0.1, 0.15) is 0 Å². The van der Waals surface area contributed by atoms with Crippen molar-refractivity contribution < 1.29 is 14.2 Å². The third-order valence-electron chi connectivity index (χ3n) is 3.40. The summed E-state index contributed by atoms with van der Waals surface area (Å²) in [5, 5.41) is 3.50. The number of benzene rings is 1. The van der Waals surface area contributed by atoms with Gasteiger partial charge in [-0.25, -0.2) is 0 Å². The molecule has 0 spiro atoms. The van der Waals surface area contributed by atoms with Gasteiger partial charge in [0.2, 0.25) is 0 Å². The van der Waals surface area contributed by atoms with Crippen LogP contribution in [0.1, 0.15) is 31.2 Å². The van der Waals surface area contributed by atoms with Crippen molar-refractivity contribution in [3.05, 3.63) is 23.8 Å². The molecule has 0 heterocycles. The Morgan fingerprint density at radius 1 is 1.10 bits per heavy atom. The minimum atomic E-state index is 0.694. The highest BCUT2D eigenvalue weighted by molar-refractivity contribution is 5.43. The summed E-state index contributed by atoms with van der Waals surface area (Å²) in [6, 6.07) is 6.87. The molecule has 112 valence electrons. The van der Waals surface area contributed by atoms with E-state index >= 15 is 0 Å². The van der Waals surface area contributed by atoms with Crippen molar-refractivity contribution in [1.82, 2.24) is 5.32 Å². The quantitative estimate of drug-likeness (QED) is 0.669. The lowest BCUT2D eigenvalue weighted by molar-refractivity contribution is 0.183. The van der Waals surface area contributed by atoms with E-state index in [2.05, 4.69) is 17.4 Å². The highest BCUT2D eigenvalue weighted by Gasteiger charge is 2.20. The van der Waals surface area contributed by atoms with Crippen LogP contribution in [0.25, 0.3) is 0 Å². The normalized spacial score (nSPS) is 14.3. The van der Waals surface area contributed by atoms with Crippen LogP contribution in [0.5, 0.6) is 11.5 Å². The first-order chi connectivity index (χ1) is 9.83. The fraction of sp³-hybridized carbons (Fsp3) is 0.625. The molecule has 1 aromatic rings. The van der Waals surface area contributed by atoms with Gasteiger partial charge < -0.3 is 19.5 Å². The van der Waals surface area contributed by atoms with Crippen LogP contribution in [-0.2, 0) is 11.3 Å². The summed E-state index contributed by atoms with van der Waals surface area (Å²) in [5.41, 5.74) is 1.24. The summed E-state index contributed by atoms with van der Waals surface area (Å²) >= 11 is 0. The maximum absolute atomic E-state index is 5.77. The molecule has 0 aromatic heterocycles. The summed E-state index contributed by atoms with van der Waals surface area (Å²) in [7, 11) is 3.41. The van der Waals surface area contributed by atoms with Crippen molar-refractivity contribution in [3.8, 4) is 11.5 Å². The first-order valence-electron chi connectivity index (χ1n) is 7.35. The molecule has 1 fully saturated rings. The fourth-order valence-corrected chi connectivity index (χ4v) is 2.02. The van der Waals surface area contributed by atoms with E-state index in [1.807, 2.05) is 6.07 Å². The van der Waals surface area contributed by atoms with Crippen molar-refractivity contribution in [2.45, 2.75) is 38.3 Å². The summed E-state index contributed by atoms with van der Waals surface area (Å²) in [5.74, 6) is 1.63. The van der Waals surface area contributed by atoms with Gasteiger partial charge in [0.15, 0.2) is 11.5 Å². The Morgan fingerprint density at radius 2 is 1.90 bits per heavy atom. The monoisotopic (exact) mass is 279 g/mol. The first kappa shape index (κ1) is 15.1. The van der Waals surface area contributed by atoms with Crippen LogP contribution in [0.4, 0.5) is 0 Å². The highest BCUT2D eigenvalue weighted by atomic mass is 16.5. The third-order valence-corrected chi connectivity index (χ3v) is 3.40. The molecule has 1 saturated carbocycles. The molecule has 0 amide bonds. The molecule has 0 unspecified atom stereocenters. The molecule has 4 heteroatoms. The zero-order valence-corrected chi connectivity index (χ0v) is 12.5. The second-order valence-electron chi connectivity index (χ2n) is 5.19. The number of hydrogen-bond donors (Lipinski definition) is 1. The van der Waals surface area contributed by atoms with Gasteiger partial charge in [-0.05, 0) is 43.4 Å². The average molecular weight is 279 g/mol. The van der Waals surface area contributed by atoms with Crippen molar-refractivity contribution in [1.29, 1.82) is 0 Å². The molecule has 0 saturated heterocycles. The molecule has 1 aromatic carbocycles. The van der Waals surface area contributed by atoms with Gasteiger partial charge in [-0.1, -0.05) is 6.07 Å². The largest absolute Gasteiger partial charge is 0.493 e. The molecule has 4 nitrogen and oxygen atoms in total. The molecule has 2 rings (SSSR count). The highest BCUT2D eigenvalue weighted by Crippen LogP contribution is 2.28. The fourth-order valence-electron chi connectivity index (χ4n) is 2.02. The Morgan fingerprint density at radius 3 is 2.60 bits per heavy atom. The van der Waals surface area contributed by atoms with Gasteiger partial charge in [-0.15, -0.1) is 0 Å². The van der Waals surface area contributed by atoms with Gasteiger partial charge >= 0.3 is 0 Å². The van der Waals surface area contributed by atoms with Crippen LogP contribution < -0.4 is 14.8 Å². The Kier molecular flexibility index (Phi) is 6.15. The van der Waals surface area contributed by atoms with E-state index in [1.165, 1.54) is 18.4 Å². The second-order valence-corrected chi connectivity index (χ2v) is 5.19. The van der Waals surface area contributed by atoms with Crippen molar-refractivity contribution in [3.63, 3.8) is 0 Å². The van der Waals surface area contributed by atoms with Gasteiger partial charge in [-0.3, -0.25) is 0 Å². The van der Waals surface area contributed by atoms with Gasteiger partial charge in [0.25, 0.3) is 0 Å². The van der Waals surface area contributed by atoms with E-state index in [9.17, 15) is 0 Å². The molecular weight excluding hydrogens is 254 g/mol. The van der Waals surface area contributed by atoms with Gasteiger partial charge in [0, 0.05) is 26.3 Å². The van der Waals surface area contributed by atoms with E-state index in [0.29, 0.717) is 6.61 Å². The van der Waals surface area contributed by atoms with Crippen LogP contribution in [0.3, 0.4) is 0 Å². The van der Waals surface area contributed by atoms with E-state index in [0.717, 1.165) is 43.5 Å². The average Bonchev–Trinajstić information content (AvgIpc) is 3.29. The maximum atomic E-state index is 5.77. The van der Waals surface area contributed by atoms with E-state index in [4.69, 9.17) is 14.2 Å². The van der Waals surface area contributed by atoms with Crippen LogP contribution in [0, 0.1) is 0 Å². The summed E-state index contributed by atoms with van der Waals surface area (Å²) in [6.45, 7) is 2.38. The van der Waals surface area contributed by atoms with Crippen LogP contribution in [0.2, 0.25) is 0 Å². The molecular formula is C16H25NO3. The standard InChI is InChI=1S/C16H25NO3/c1-18-9-3-4-10-20-15-8-5-13(11-16(15)19-2)12-17-14-6-7-14/h5,8,11,14,17H,3-4,6-7,9-10,12H2,1-2H3. The molecule has 0 bridgehead atoms. The number of nitrogens with one attached hydrogen (secondary N) is 1. The molecule has 1 N–H and O–H groups in total. The number of rotatable bonds is 10. The summed E-state index contributed by atoms with van der Waals surface area (Å²) < 4.78 is 16.2. The van der Waals surface area contributed by atoms with E-state index < -0.39 is 0 Å². The van der Waals surface area contributed by atoms with Crippen LogP contribution in [0.15, 0.2) is 18.2 Å². The molecule has 0 aliphatic heterocycles. The topological polar surface area (TPSA) is 39.7 Å². The van der Waals surface area contributed by atoms with Crippen LogP contribution in [-0.4, -0.2) is 33.5 Å². The number of methoxy groups -OCH3 is 2. The molecule has 1 aliphatic rings. The van der Waals surface area contributed by atoms with Crippen LogP contribution >= 0.6 is 0 Å². The lowest BCUT2D eigenvalue weighted by atomic mass is 10.2. The van der Waals surface area contributed by atoms with Gasteiger partial charge in [0.05, 0.1) is 13.7 Å². The van der Waals surface area contributed by atoms with Crippen molar-refractivity contribution >= 4 is 0 Å². The number of ether oxygens (including phenoxy) is 3. The minimum Gasteiger partial charge on any atom is -0.493 e. The minimum absolute atomic E-state index is 0.694. The first-order valence-corrected chi connectivity index (χ1v) is 7.35. The predicted molar refractivity (Wildman–Crippen MR) is 79.5 cm³/mol. The molecule has 1 aliphatic carbocycles. The third kappa shape index (κ3) is 5.02. The smallest absolute Gasteiger partial charge is 0.161 e. The Labute approximate surface area is 121 Å². The van der Waals surface area contributed by atoms with E-state index in [-0.39, 0.29) is 0 Å². The Bertz CT molecular complexity index is 405. The Hall–Kier alpha value is -1.26. The lowest BCUT2D eigenvalue weighted by Gasteiger charge is -2.12. The second kappa shape index (κ2) is 8.12. The number of hydrogen-bond acceptors (Lipinski definition) is 4. The zero-order chi connectivity index (χ0) is 14.2. The SMILES string of the molecule is COCCCCOc1ccc(CNC2CC2)cc1OC.